The number of benzene rings is 1. The highest BCUT2D eigenvalue weighted by Gasteiger charge is 2.63. The predicted octanol–water partition coefficient (Wildman–Crippen LogP) is 4.87. The monoisotopic (exact) mass is 329 g/mol. The summed E-state index contributed by atoms with van der Waals surface area (Å²) in [6.07, 6.45) is 0. The molecule has 0 saturated heterocycles. The first-order valence-corrected chi connectivity index (χ1v) is 7.58. The average Bonchev–Trinajstić information content (AvgIpc) is 2.65. The van der Waals surface area contributed by atoms with Crippen LogP contribution in [-0.4, -0.2) is 6.54 Å². The van der Waals surface area contributed by atoms with E-state index in [2.05, 4.69) is 61.1 Å². The fourth-order valence-electron chi connectivity index (χ4n) is 2.85. The van der Waals surface area contributed by atoms with Gasteiger partial charge in [0.25, 0.3) is 0 Å². The minimum absolute atomic E-state index is 0.459. The molecule has 1 nitrogen and oxygen atoms in total. The lowest BCUT2D eigenvalue weighted by Gasteiger charge is -2.07. The molecule has 18 heavy (non-hydrogen) atoms. The molecule has 1 aromatic rings. The van der Waals surface area contributed by atoms with Crippen LogP contribution < -0.4 is 5.32 Å². The molecule has 0 amide bonds. The van der Waals surface area contributed by atoms with Crippen molar-refractivity contribution in [1.82, 2.24) is 5.32 Å². The standard InChI is InChI=1S/C15H21BrClN/c1-14(2)13(15(14,3)4)9-18-8-10-5-6-12(17)11(16)7-10/h5-7,13,18H,8-9H2,1-4H3. The van der Waals surface area contributed by atoms with Crippen molar-refractivity contribution in [3.05, 3.63) is 33.3 Å². The van der Waals surface area contributed by atoms with E-state index in [4.69, 9.17) is 11.6 Å². The first kappa shape index (κ1) is 14.4. The first-order chi connectivity index (χ1) is 8.26. The summed E-state index contributed by atoms with van der Waals surface area (Å²) in [6, 6.07) is 6.09. The van der Waals surface area contributed by atoms with Crippen LogP contribution in [0.2, 0.25) is 5.02 Å². The Bertz CT molecular complexity index is 440. The van der Waals surface area contributed by atoms with Gasteiger partial charge >= 0.3 is 0 Å². The predicted molar refractivity (Wildman–Crippen MR) is 81.9 cm³/mol. The number of halogens is 2. The van der Waals surface area contributed by atoms with Crippen molar-refractivity contribution >= 4 is 27.5 Å². The molecule has 3 heteroatoms. The van der Waals surface area contributed by atoms with Gasteiger partial charge in [-0.2, -0.15) is 0 Å². The molecule has 0 heterocycles. The number of rotatable bonds is 4. The van der Waals surface area contributed by atoms with Gasteiger partial charge in [-0.15, -0.1) is 0 Å². The highest BCUT2D eigenvalue weighted by atomic mass is 79.9. The molecule has 1 N–H and O–H groups in total. The van der Waals surface area contributed by atoms with Crippen LogP contribution in [0.15, 0.2) is 22.7 Å². The highest BCUT2D eigenvalue weighted by molar-refractivity contribution is 9.10. The summed E-state index contributed by atoms with van der Waals surface area (Å²) in [5.41, 5.74) is 2.18. The average molecular weight is 331 g/mol. The SMILES string of the molecule is CC1(C)C(CNCc2ccc(Cl)c(Br)c2)C1(C)C. The minimum atomic E-state index is 0.459. The molecule has 1 aromatic carbocycles. The van der Waals surface area contributed by atoms with Crippen LogP contribution in [0.3, 0.4) is 0 Å². The lowest BCUT2D eigenvalue weighted by atomic mass is 10.0. The summed E-state index contributed by atoms with van der Waals surface area (Å²) in [5, 5.41) is 4.32. The first-order valence-electron chi connectivity index (χ1n) is 6.41. The van der Waals surface area contributed by atoms with Gasteiger partial charge in [0, 0.05) is 11.0 Å². The van der Waals surface area contributed by atoms with E-state index < -0.39 is 0 Å². The quantitative estimate of drug-likeness (QED) is 0.830. The second-order valence-corrected chi connectivity index (χ2v) is 7.64. The van der Waals surface area contributed by atoms with Crippen LogP contribution in [-0.2, 0) is 6.54 Å². The molecule has 1 fully saturated rings. The largest absolute Gasteiger partial charge is 0.312 e. The molecule has 0 atom stereocenters. The topological polar surface area (TPSA) is 12.0 Å². The van der Waals surface area contributed by atoms with Crippen molar-refractivity contribution < 1.29 is 0 Å². The van der Waals surface area contributed by atoms with Crippen LogP contribution in [0, 0.1) is 16.7 Å². The van der Waals surface area contributed by atoms with Crippen molar-refractivity contribution in [3.8, 4) is 0 Å². The molecule has 0 spiro atoms. The second-order valence-electron chi connectivity index (χ2n) is 6.38. The van der Waals surface area contributed by atoms with Crippen LogP contribution in [0.5, 0.6) is 0 Å². The van der Waals surface area contributed by atoms with Gasteiger partial charge in [-0.3, -0.25) is 0 Å². The van der Waals surface area contributed by atoms with Crippen molar-refractivity contribution in [2.75, 3.05) is 6.54 Å². The van der Waals surface area contributed by atoms with E-state index in [-0.39, 0.29) is 0 Å². The van der Waals surface area contributed by atoms with E-state index in [1.54, 1.807) is 0 Å². The Hall–Kier alpha value is -0.0500. The lowest BCUT2D eigenvalue weighted by molar-refractivity contribution is 0.457. The third-order valence-electron chi connectivity index (χ3n) is 4.98. The normalized spacial score (nSPS) is 21.0. The highest BCUT2D eigenvalue weighted by Crippen LogP contribution is 2.67. The second kappa shape index (κ2) is 4.81. The summed E-state index contributed by atoms with van der Waals surface area (Å²) in [5.74, 6) is 0.765. The smallest absolute Gasteiger partial charge is 0.0548 e. The molecule has 0 aliphatic heterocycles. The van der Waals surface area contributed by atoms with Crippen molar-refractivity contribution in [2.24, 2.45) is 16.7 Å². The van der Waals surface area contributed by atoms with Gasteiger partial charge in [0.1, 0.15) is 0 Å². The molecule has 0 radical (unpaired) electrons. The van der Waals surface area contributed by atoms with Gasteiger partial charge in [0.2, 0.25) is 0 Å². The van der Waals surface area contributed by atoms with Crippen molar-refractivity contribution in [1.29, 1.82) is 0 Å². The van der Waals surface area contributed by atoms with E-state index in [0.29, 0.717) is 10.8 Å². The Morgan fingerprint density at radius 3 is 2.33 bits per heavy atom. The summed E-state index contributed by atoms with van der Waals surface area (Å²) in [7, 11) is 0. The molecule has 1 saturated carbocycles. The van der Waals surface area contributed by atoms with Crippen molar-refractivity contribution in [3.63, 3.8) is 0 Å². The zero-order chi connectivity index (χ0) is 13.6. The molecule has 1 aliphatic rings. The number of hydrogen-bond acceptors (Lipinski definition) is 1. The third-order valence-corrected chi connectivity index (χ3v) is 6.20. The van der Waals surface area contributed by atoms with E-state index in [0.717, 1.165) is 28.5 Å². The van der Waals surface area contributed by atoms with Crippen LogP contribution >= 0.6 is 27.5 Å². The zero-order valence-corrected chi connectivity index (χ0v) is 13.8. The maximum atomic E-state index is 5.98. The van der Waals surface area contributed by atoms with Gasteiger partial charge < -0.3 is 5.32 Å². The summed E-state index contributed by atoms with van der Waals surface area (Å²) >= 11 is 9.44. The number of hydrogen-bond donors (Lipinski definition) is 1. The molecule has 0 bridgehead atoms. The zero-order valence-electron chi connectivity index (χ0n) is 11.5. The molecule has 1 aliphatic carbocycles. The molecule has 0 aromatic heterocycles. The number of nitrogens with one attached hydrogen (secondary N) is 1. The van der Waals surface area contributed by atoms with Gasteiger partial charge in [0.05, 0.1) is 5.02 Å². The van der Waals surface area contributed by atoms with E-state index in [1.807, 2.05) is 6.07 Å². The summed E-state index contributed by atoms with van der Waals surface area (Å²) in [4.78, 5) is 0. The molecular formula is C15H21BrClN. The molecular weight excluding hydrogens is 310 g/mol. The van der Waals surface area contributed by atoms with Crippen LogP contribution in [0.25, 0.3) is 0 Å². The maximum Gasteiger partial charge on any atom is 0.0548 e. The molecule has 0 unspecified atom stereocenters. The van der Waals surface area contributed by atoms with Gasteiger partial charge in [-0.05, 0) is 56.9 Å². The van der Waals surface area contributed by atoms with Crippen LogP contribution in [0.4, 0.5) is 0 Å². The molecule has 2 rings (SSSR count). The Kier molecular flexibility index (Phi) is 3.84. The Labute approximate surface area is 123 Å². The van der Waals surface area contributed by atoms with E-state index in [1.165, 1.54) is 5.56 Å². The summed E-state index contributed by atoms with van der Waals surface area (Å²) in [6.45, 7) is 11.4. The van der Waals surface area contributed by atoms with Gasteiger partial charge in [0.15, 0.2) is 0 Å². The minimum Gasteiger partial charge on any atom is -0.312 e. The van der Waals surface area contributed by atoms with Crippen molar-refractivity contribution in [2.45, 2.75) is 34.2 Å². The lowest BCUT2D eigenvalue weighted by Crippen LogP contribution is -2.18. The third kappa shape index (κ3) is 2.48. The fourth-order valence-corrected chi connectivity index (χ4v) is 3.40. The van der Waals surface area contributed by atoms with Gasteiger partial charge in [-0.1, -0.05) is 45.4 Å². The molecule has 100 valence electrons. The van der Waals surface area contributed by atoms with E-state index in [9.17, 15) is 0 Å². The Morgan fingerprint density at radius 2 is 1.83 bits per heavy atom. The van der Waals surface area contributed by atoms with E-state index >= 15 is 0 Å². The fraction of sp³-hybridized carbons (Fsp3) is 0.600. The Morgan fingerprint density at radius 1 is 1.22 bits per heavy atom. The summed E-state index contributed by atoms with van der Waals surface area (Å²) < 4.78 is 0.968. The maximum absolute atomic E-state index is 5.98. The Balaban J connectivity index is 1.85. The van der Waals surface area contributed by atoms with Crippen LogP contribution in [0.1, 0.15) is 33.3 Å². The van der Waals surface area contributed by atoms with Gasteiger partial charge in [-0.25, -0.2) is 0 Å².